The number of alkyl halides is 3. The van der Waals surface area contributed by atoms with Gasteiger partial charge in [-0.25, -0.2) is 4.98 Å². The maximum absolute atomic E-state index is 12.6. The van der Waals surface area contributed by atoms with Gasteiger partial charge >= 0.3 is 6.18 Å². The van der Waals surface area contributed by atoms with Gasteiger partial charge in [-0.15, -0.1) is 24.0 Å². The van der Waals surface area contributed by atoms with Gasteiger partial charge in [0.1, 0.15) is 0 Å². The van der Waals surface area contributed by atoms with E-state index >= 15 is 0 Å². The molecule has 0 aliphatic carbocycles. The van der Waals surface area contributed by atoms with Crippen LogP contribution in [0, 0.1) is 6.92 Å². The van der Waals surface area contributed by atoms with Crippen molar-refractivity contribution in [3.8, 4) is 11.3 Å². The van der Waals surface area contributed by atoms with E-state index in [1.54, 1.807) is 13.2 Å². The largest absolute Gasteiger partial charge is 0.439 e. The molecular formula is C21H22F3IN4O. The van der Waals surface area contributed by atoms with E-state index in [0.29, 0.717) is 36.3 Å². The summed E-state index contributed by atoms with van der Waals surface area (Å²) in [6.07, 6.45) is -2.67. The molecule has 3 rings (SSSR count). The predicted molar refractivity (Wildman–Crippen MR) is 121 cm³/mol. The third kappa shape index (κ3) is 6.48. The Morgan fingerprint density at radius 3 is 2.23 bits per heavy atom. The van der Waals surface area contributed by atoms with Crippen molar-refractivity contribution in [1.29, 1.82) is 0 Å². The lowest BCUT2D eigenvalue weighted by atomic mass is 10.1. The molecule has 3 aromatic rings. The molecule has 2 N–H and O–H groups in total. The van der Waals surface area contributed by atoms with Crippen LogP contribution in [0.1, 0.15) is 22.6 Å². The van der Waals surface area contributed by atoms with Gasteiger partial charge in [-0.05, 0) is 24.6 Å². The maximum atomic E-state index is 12.6. The second-order valence-corrected chi connectivity index (χ2v) is 6.46. The van der Waals surface area contributed by atoms with Crippen molar-refractivity contribution >= 4 is 29.9 Å². The van der Waals surface area contributed by atoms with Crippen LogP contribution in [-0.2, 0) is 19.3 Å². The lowest BCUT2D eigenvalue weighted by molar-refractivity contribution is -0.137. The van der Waals surface area contributed by atoms with E-state index in [4.69, 9.17) is 4.42 Å². The SMILES string of the molecule is CN=C(NCc1ccc(C(F)(F)F)cc1)NCc1ncc(-c2ccc(C)cc2)o1.I. The molecule has 0 aliphatic rings. The smallest absolute Gasteiger partial charge is 0.416 e. The molecular weight excluding hydrogens is 508 g/mol. The zero-order valence-electron chi connectivity index (χ0n) is 16.5. The van der Waals surface area contributed by atoms with Gasteiger partial charge in [0.15, 0.2) is 11.7 Å². The zero-order valence-corrected chi connectivity index (χ0v) is 18.8. The van der Waals surface area contributed by atoms with Gasteiger partial charge in [-0.2, -0.15) is 13.2 Å². The molecule has 0 spiro atoms. The van der Waals surface area contributed by atoms with Crippen LogP contribution in [0.4, 0.5) is 13.2 Å². The summed E-state index contributed by atoms with van der Waals surface area (Å²) in [5, 5.41) is 6.12. The van der Waals surface area contributed by atoms with E-state index in [1.807, 2.05) is 31.2 Å². The fraction of sp³-hybridized carbons (Fsp3) is 0.238. The number of aliphatic imine (C=N–C) groups is 1. The summed E-state index contributed by atoms with van der Waals surface area (Å²) in [5.41, 5.74) is 2.15. The van der Waals surface area contributed by atoms with Gasteiger partial charge in [0.25, 0.3) is 0 Å². The van der Waals surface area contributed by atoms with E-state index in [0.717, 1.165) is 23.3 Å². The predicted octanol–water partition coefficient (Wildman–Crippen LogP) is 5.15. The summed E-state index contributed by atoms with van der Waals surface area (Å²) in [5.74, 6) is 1.66. The first-order valence-corrected chi connectivity index (χ1v) is 8.97. The van der Waals surface area contributed by atoms with Crippen molar-refractivity contribution in [2.45, 2.75) is 26.2 Å². The van der Waals surface area contributed by atoms with Gasteiger partial charge in [0.2, 0.25) is 5.89 Å². The standard InChI is InChI=1S/C21H21F3N4O.HI/c1-14-3-7-16(8-4-14)18-12-26-19(29-18)13-28-20(25-2)27-11-15-5-9-17(10-6-15)21(22,23)24;/h3-10,12H,11,13H2,1-2H3,(H2,25,27,28);1H. The topological polar surface area (TPSA) is 62.5 Å². The molecule has 0 fully saturated rings. The number of nitrogens with one attached hydrogen (secondary N) is 2. The zero-order chi connectivity index (χ0) is 20.9. The fourth-order valence-corrected chi connectivity index (χ4v) is 2.62. The van der Waals surface area contributed by atoms with Crippen LogP contribution in [0.15, 0.2) is 64.1 Å². The number of aryl methyl sites for hydroxylation is 1. The molecule has 0 unspecified atom stereocenters. The van der Waals surface area contributed by atoms with E-state index in [1.165, 1.54) is 12.1 Å². The molecule has 5 nitrogen and oxygen atoms in total. The van der Waals surface area contributed by atoms with Crippen LogP contribution in [0.3, 0.4) is 0 Å². The minimum atomic E-state index is -4.34. The molecule has 0 atom stereocenters. The Morgan fingerprint density at radius 2 is 1.63 bits per heavy atom. The number of aromatic nitrogens is 1. The average molecular weight is 530 g/mol. The summed E-state index contributed by atoms with van der Waals surface area (Å²) < 4.78 is 43.6. The van der Waals surface area contributed by atoms with Gasteiger partial charge in [0.05, 0.1) is 18.3 Å². The molecule has 9 heteroatoms. The molecule has 0 saturated carbocycles. The first-order chi connectivity index (χ1) is 13.8. The molecule has 30 heavy (non-hydrogen) atoms. The van der Waals surface area contributed by atoms with Crippen molar-refractivity contribution in [3.05, 3.63) is 77.3 Å². The Kier molecular flexibility index (Phi) is 8.27. The highest BCUT2D eigenvalue weighted by Gasteiger charge is 2.29. The summed E-state index contributed by atoms with van der Waals surface area (Å²) in [6, 6.07) is 12.9. The lowest BCUT2D eigenvalue weighted by Gasteiger charge is -2.11. The number of oxazole rings is 1. The summed E-state index contributed by atoms with van der Waals surface area (Å²) in [6.45, 7) is 2.67. The number of hydrogen-bond donors (Lipinski definition) is 2. The molecule has 0 radical (unpaired) electrons. The molecule has 1 heterocycles. The summed E-state index contributed by atoms with van der Waals surface area (Å²) in [7, 11) is 1.61. The monoisotopic (exact) mass is 530 g/mol. The van der Waals surface area contributed by atoms with Gasteiger partial charge in [-0.3, -0.25) is 4.99 Å². The molecule has 0 saturated heterocycles. The number of guanidine groups is 1. The molecule has 0 amide bonds. The minimum absolute atomic E-state index is 0. The first kappa shape index (κ1) is 23.7. The second-order valence-electron chi connectivity index (χ2n) is 6.46. The van der Waals surface area contributed by atoms with Crippen LogP contribution in [0.25, 0.3) is 11.3 Å². The van der Waals surface area contributed by atoms with Crippen LogP contribution < -0.4 is 10.6 Å². The van der Waals surface area contributed by atoms with Gasteiger partial charge < -0.3 is 15.1 Å². The lowest BCUT2D eigenvalue weighted by Crippen LogP contribution is -2.36. The minimum Gasteiger partial charge on any atom is -0.439 e. The number of benzene rings is 2. The molecule has 0 aliphatic heterocycles. The molecule has 2 aromatic carbocycles. The Morgan fingerprint density at radius 1 is 1.00 bits per heavy atom. The van der Waals surface area contributed by atoms with Gasteiger partial charge in [-0.1, -0.05) is 42.0 Å². The van der Waals surface area contributed by atoms with E-state index < -0.39 is 11.7 Å². The highest BCUT2D eigenvalue weighted by Crippen LogP contribution is 2.29. The highest BCUT2D eigenvalue weighted by molar-refractivity contribution is 14.0. The quantitative estimate of drug-likeness (QED) is 0.272. The average Bonchev–Trinajstić information content (AvgIpc) is 3.17. The number of nitrogens with zero attached hydrogens (tertiary/aromatic N) is 2. The van der Waals surface area contributed by atoms with Crippen molar-refractivity contribution in [2.75, 3.05) is 7.05 Å². The molecule has 160 valence electrons. The van der Waals surface area contributed by atoms with E-state index in [2.05, 4.69) is 20.6 Å². The molecule has 0 bridgehead atoms. The summed E-state index contributed by atoms with van der Waals surface area (Å²) in [4.78, 5) is 8.35. The van der Waals surface area contributed by atoms with Crippen molar-refractivity contribution < 1.29 is 17.6 Å². The Hall–Kier alpha value is -2.56. The highest BCUT2D eigenvalue weighted by atomic mass is 127. The third-order valence-corrected chi connectivity index (χ3v) is 4.26. The Bertz CT molecular complexity index is 967. The van der Waals surface area contributed by atoms with Gasteiger partial charge in [0, 0.05) is 19.2 Å². The van der Waals surface area contributed by atoms with Crippen LogP contribution in [-0.4, -0.2) is 18.0 Å². The van der Waals surface area contributed by atoms with Crippen LogP contribution >= 0.6 is 24.0 Å². The second kappa shape index (κ2) is 10.5. The van der Waals surface area contributed by atoms with Crippen LogP contribution in [0.2, 0.25) is 0 Å². The number of rotatable bonds is 5. The number of halogens is 4. The van der Waals surface area contributed by atoms with Crippen molar-refractivity contribution in [2.24, 2.45) is 4.99 Å². The Labute approximate surface area is 189 Å². The maximum Gasteiger partial charge on any atom is 0.416 e. The fourth-order valence-electron chi connectivity index (χ4n) is 2.62. The molecule has 1 aromatic heterocycles. The third-order valence-electron chi connectivity index (χ3n) is 4.26. The Balaban J connectivity index is 0.00000320. The van der Waals surface area contributed by atoms with Crippen LogP contribution in [0.5, 0.6) is 0 Å². The van der Waals surface area contributed by atoms with Crippen molar-refractivity contribution in [3.63, 3.8) is 0 Å². The van der Waals surface area contributed by atoms with E-state index in [9.17, 15) is 13.2 Å². The van der Waals surface area contributed by atoms with Crippen molar-refractivity contribution in [1.82, 2.24) is 15.6 Å². The first-order valence-electron chi connectivity index (χ1n) is 8.97. The normalized spacial score (nSPS) is 11.7. The number of hydrogen-bond acceptors (Lipinski definition) is 3. The summed E-state index contributed by atoms with van der Waals surface area (Å²) >= 11 is 0. The van der Waals surface area contributed by atoms with E-state index in [-0.39, 0.29) is 24.0 Å².